The van der Waals surface area contributed by atoms with Crippen LogP contribution in [0, 0.1) is 0 Å². The van der Waals surface area contributed by atoms with Gasteiger partial charge in [0.15, 0.2) is 11.8 Å². The topological polar surface area (TPSA) is 131 Å². The van der Waals surface area contributed by atoms with Crippen molar-refractivity contribution in [3.05, 3.63) is 59.6 Å². The van der Waals surface area contributed by atoms with Crippen LogP contribution >= 0.6 is 11.6 Å². The first-order valence-corrected chi connectivity index (χ1v) is 14.4. The van der Waals surface area contributed by atoms with Crippen molar-refractivity contribution < 1.29 is 23.5 Å². The van der Waals surface area contributed by atoms with Gasteiger partial charge in [0.2, 0.25) is 0 Å². The molecule has 4 heterocycles. The molecular weight excluding hydrogens is 530 g/mol. The normalized spacial score (nSPS) is 24.3. The number of fused-ring (bicyclic) bond motifs is 2. The van der Waals surface area contributed by atoms with E-state index in [1.807, 2.05) is 48.5 Å². The van der Waals surface area contributed by atoms with E-state index in [0.717, 1.165) is 16.7 Å². The van der Waals surface area contributed by atoms with E-state index in [-0.39, 0.29) is 24.9 Å². The van der Waals surface area contributed by atoms with Crippen molar-refractivity contribution in [2.75, 3.05) is 26.5 Å². The molecule has 2 aromatic heterocycles. The van der Waals surface area contributed by atoms with Gasteiger partial charge < -0.3 is 19.3 Å². The van der Waals surface area contributed by atoms with E-state index in [9.17, 15) is 9.32 Å². The van der Waals surface area contributed by atoms with E-state index < -0.39 is 16.0 Å². The summed E-state index contributed by atoms with van der Waals surface area (Å²) in [7, 11) is -0.823. The standard InChI is InChI=1S/C26H26ClN5O5S/c1-28-38(2,34)32-17-9-7-15(8-10-17)14-3-5-16(6-4-14)22-18(27)11-19-25(30-22)31-26(29-19)37-21-13-36-23-20(33)12-35-24(21)23/h3-11,20-21,23-24,33H,12-13H2,1-2H3,(H,28,32,34)(H,29,30,31)/t20-,21-,23-,24-,38-/m1/s1. The average molecular weight is 556 g/mol. The second-order valence-electron chi connectivity index (χ2n) is 9.27. The van der Waals surface area contributed by atoms with E-state index in [4.69, 9.17) is 30.8 Å². The Morgan fingerprint density at radius 3 is 2.42 bits per heavy atom. The minimum Gasteiger partial charge on any atom is -0.456 e. The van der Waals surface area contributed by atoms with Crippen LogP contribution in [0.1, 0.15) is 0 Å². The maximum atomic E-state index is 12.2. The first kappa shape index (κ1) is 25.2. The van der Waals surface area contributed by atoms with Crippen LogP contribution in [0.25, 0.3) is 33.5 Å². The fourth-order valence-corrected chi connectivity index (χ4v) is 5.49. The van der Waals surface area contributed by atoms with Crippen molar-refractivity contribution in [3.8, 4) is 28.4 Å². The molecule has 6 rings (SSSR count). The third-order valence-corrected chi connectivity index (χ3v) is 8.27. The van der Waals surface area contributed by atoms with Crippen LogP contribution in [-0.4, -0.2) is 75.2 Å². The van der Waals surface area contributed by atoms with Crippen LogP contribution in [0.5, 0.6) is 6.01 Å². The van der Waals surface area contributed by atoms with Crippen molar-refractivity contribution >= 4 is 38.4 Å². The minimum atomic E-state index is -2.45. The summed E-state index contributed by atoms with van der Waals surface area (Å²) in [5.74, 6) is 0. The van der Waals surface area contributed by atoms with Crippen LogP contribution in [0.15, 0.2) is 59.0 Å². The molecule has 0 saturated carbocycles. The number of H-pyrrole nitrogens is 1. The molecule has 0 unspecified atom stereocenters. The number of imidazole rings is 1. The number of pyridine rings is 1. The first-order chi connectivity index (χ1) is 18.3. The summed E-state index contributed by atoms with van der Waals surface area (Å²) in [6, 6.07) is 17.5. The van der Waals surface area contributed by atoms with E-state index in [2.05, 4.69) is 19.1 Å². The van der Waals surface area contributed by atoms with Gasteiger partial charge in [-0.3, -0.25) is 4.98 Å². The molecule has 12 heteroatoms. The molecule has 2 aromatic carbocycles. The maximum Gasteiger partial charge on any atom is 0.296 e. The zero-order valence-electron chi connectivity index (χ0n) is 20.6. The number of ether oxygens (including phenoxy) is 3. The Balaban J connectivity index is 1.21. The highest BCUT2D eigenvalue weighted by Crippen LogP contribution is 2.33. The van der Waals surface area contributed by atoms with Gasteiger partial charge >= 0.3 is 0 Å². The number of hydrogen-bond donors (Lipinski definition) is 3. The number of hydrogen-bond acceptors (Lipinski definition) is 8. The molecule has 0 aliphatic carbocycles. The molecule has 0 radical (unpaired) electrons. The van der Waals surface area contributed by atoms with Crippen molar-refractivity contribution in [1.29, 1.82) is 0 Å². The van der Waals surface area contributed by atoms with Gasteiger partial charge in [-0.2, -0.15) is 9.35 Å². The zero-order chi connectivity index (χ0) is 26.4. The lowest BCUT2D eigenvalue weighted by Crippen LogP contribution is -2.34. The van der Waals surface area contributed by atoms with E-state index >= 15 is 0 Å². The summed E-state index contributed by atoms with van der Waals surface area (Å²) in [4.78, 5) is 12.3. The summed E-state index contributed by atoms with van der Waals surface area (Å²) >= 11 is 6.58. The number of rotatable bonds is 6. The second kappa shape index (κ2) is 9.92. The number of nitrogens with zero attached hydrogens (tertiary/aromatic N) is 3. The van der Waals surface area contributed by atoms with E-state index in [1.54, 1.807) is 19.4 Å². The van der Waals surface area contributed by atoms with Crippen LogP contribution in [0.3, 0.4) is 0 Å². The number of aliphatic hydroxyl groups is 1. The third kappa shape index (κ3) is 4.89. The highest BCUT2D eigenvalue weighted by atomic mass is 35.5. The van der Waals surface area contributed by atoms with Crippen molar-refractivity contribution in [1.82, 2.24) is 19.7 Å². The summed E-state index contributed by atoms with van der Waals surface area (Å²) < 4.78 is 36.3. The molecular formula is C26H26ClN5O5S. The lowest BCUT2D eigenvalue weighted by Gasteiger charge is -2.15. The molecule has 0 bridgehead atoms. The summed E-state index contributed by atoms with van der Waals surface area (Å²) in [6.45, 7) is 0.538. The fourth-order valence-electron chi connectivity index (χ4n) is 4.62. The van der Waals surface area contributed by atoms with Crippen LogP contribution in [0.4, 0.5) is 5.69 Å². The molecule has 4 aromatic rings. The Hall–Kier alpha value is -3.06. The van der Waals surface area contributed by atoms with Gasteiger partial charge in [-0.15, -0.1) is 0 Å². The molecule has 5 atom stereocenters. The fraction of sp³-hybridized carbons (Fsp3) is 0.308. The SMILES string of the molecule is CN[S@@](C)(=O)=Nc1ccc(-c2ccc(-c3nc4[nH]c(O[C@@H]5CO[C@H]6[C@@H]5OC[C@H]6O)nc4cc3Cl)cc2)cc1. The number of aromatic amines is 1. The molecule has 2 aliphatic heterocycles. The Kier molecular flexibility index (Phi) is 6.58. The number of aliphatic hydroxyl groups excluding tert-OH is 1. The summed E-state index contributed by atoms with van der Waals surface area (Å²) in [5.41, 5.74) is 5.25. The highest BCUT2D eigenvalue weighted by Gasteiger charge is 2.48. The third-order valence-electron chi connectivity index (χ3n) is 6.67. The molecule has 2 fully saturated rings. The Bertz CT molecular complexity index is 1600. The maximum absolute atomic E-state index is 12.2. The zero-order valence-corrected chi connectivity index (χ0v) is 22.2. The average Bonchev–Trinajstić information content (AvgIpc) is 3.60. The number of halogens is 1. The van der Waals surface area contributed by atoms with E-state index in [0.29, 0.717) is 40.2 Å². The van der Waals surface area contributed by atoms with Gasteiger partial charge in [0.05, 0.1) is 29.6 Å². The molecule has 38 heavy (non-hydrogen) atoms. The second-order valence-corrected chi connectivity index (χ2v) is 11.9. The van der Waals surface area contributed by atoms with Gasteiger partial charge in [-0.25, -0.2) is 13.9 Å². The highest BCUT2D eigenvalue weighted by molar-refractivity contribution is 7.91. The molecule has 10 nitrogen and oxygen atoms in total. The summed E-state index contributed by atoms with van der Waals surface area (Å²) in [6.07, 6.45) is -0.183. The summed E-state index contributed by atoms with van der Waals surface area (Å²) in [5, 5.41) is 10.4. The molecule has 2 aliphatic rings. The predicted molar refractivity (Wildman–Crippen MR) is 145 cm³/mol. The Morgan fingerprint density at radius 2 is 1.71 bits per heavy atom. The smallest absolute Gasteiger partial charge is 0.296 e. The molecule has 0 spiro atoms. The van der Waals surface area contributed by atoms with Crippen molar-refractivity contribution in [2.45, 2.75) is 24.4 Å². The van der Waals surface area contributed by atoms with Crippen molar-refractivity contribution in [3.63, 3.8) is 0 Å². The molecule has 2 saturated heterocycles. The van der Waals surface area contributed by atoms with Crippen LogP contribution < -0.4 is 9.46 Å². The van der Waals surface area contributed by atoms with Gasteiger partial charge in [-0.05, 0) is 36.4 Å². The van der Waals surface area contributed by atoms with Crippen molar-refractivity contribution in [2.24, 2.45) is 4.36 Å². The largest absolute Gasteiger partial charge is 0.456 e. The number of benzene rings is 2. The Labute approximate surface area is 224 Å². The molecule has 3 N–H and O–H groups in total. The van der Waals surface area contributed by atoms with Gasteiger partial charge in [-0.1, -0.05) is 48.0 Å². The monoisotopic (exact) mass is 555 g/mol. The lowest BCUT2D eigenvalue weighted by atomic mass is 10.0. The predicted octanol–water partition coefficient (Wildman–Crippen LogP) is 3.71. The minimum absolute atomic E-state index is 0.230. The number of nitrogens with one attached hydrogen (secondary N) is 2. The van der Waals surface area contributed by atoms with Gasteiger partial charge in [0.1, 0.15) is 33.7 Å². The van der Waals surface area contributed by atoms with Gasteiger partial charge in [0, 0.05) is 11.8 Å². The van der Waals surface area contributed by atoms with Crippen LogP contribution in [-0.2, 0) is 19.4 Å². The Morgan fingerprint density at radius 1 is 1.05 bits per heavy atom. The van der Waals surface area contributed by atoms with E-state index in [1.165, 1.54) is 0 Å². The molecule has 0 amide bonds. The van der Waals surface area contributed by atoms with Gasteiger partial charge in [0.25, 0.3) is 6.01 Å². The quantitative estimate of drug-likeness (QED) is 0.330. The number of aromatic nitrogens is 3. The molecule has 198 valence electrons. The first-order valence-electron chi connectivity index (χ1n) is 12.1. The lowest BCUT2D eigenvalue weighted by molar-refractivity contribution is 0.00706. The van der Waals surface area contributed by atoms with Crippen LogP contribution in [0.2, 0.25) is 5.02 Å².